The van der Waals surface area contributed by atoms with Crippen molar-refractivity contribution < 1.29 is 5.11 Å². The van der Waals surface area contributed by atoms with Gasteiger partial charge in [0.25, 0.3) is 0 Å². The minimum Gasteiger partial charge on any atom is -0.382 e. The molecule has 0 bridgehead atoms. The highest BCUT2D eigenvalue weighted by Crippen LogP contribution is 2.18. The molecule has 0 rings (SSSR count). The lowest BCUT2D eigenvalue weighted by molar-refractivity contribution is 0.208. The third kappa shape index (κ3) is 9.25. The molecule has 0 spiro atoms. The van der Waals surface area contributed by atoms with Crippen molar-refractivity contribution in [3.05, 3.63) is 0 Å². The molecule has 0 heterocycles. The Balaban J connectivity index is 3.06. The molecule has 0 aliphatic carbocycles. The Morgan fingerprint density at radius 2 is 1.50 bits per heavy atom. The molecule has 0 amide bonds. The second kappa shape index (κ2) is 10.2. The fourth-order valence-electron chi connectivity index (χ4n) is 1.56. The van der Waals surface area contributed by atoms with E-state index in [0.29, 0.717) is 5.92 Å². The predicted molar refractivity (Wildman–Crippen MR) is 71.8 cm³/mol. The number of hydrogen-bond acceptors (Lipinski definition) is 1. The van der Waals surface area contributed by atoms with Crippen LogP contribution in [0.3, 0.4) is 0 Å². The van der Waals surface area contributed by atoms with Gasteiger partial charge in [0.1, 0.15) is 4.11 Å². The lowest BCUT2D eigenvalue weighted by Gasteiger charge is -2.12. The summed E-state index contributed by atoms with van der Waals surface area (Å²) >= 11 is 2.10. The second-order valence-electron chi connectivity index (χ2n) is 4.26. The number of unbranched alkanes of at least 4 members (excludes halogenated alkanes) is 6. The maximum Gasteiger partial charge on any atom is 0.107 e. The van der Waals surface area contributed by atoms with E-state index in [1.807, 2.05) is 0 Å². The third-order valence-corrected chi connectivity index (χ3v) is 3.96. The van der Waals surface area contributed by atoms with Crippen molar-refractivity contribution in [2.75, 3.05) is 0 Å². The first-order chi connectivity index (χ1) is 6.68. The third-order valence-electron chi connectivity index (χ3n) is 2.73. The van der Waals surface area contributed by atoms with Gasteiger partial charge in [-0.05, 0) is 12.3 Å². The molecule has 0 aliphatic heterocycles. The van der Waals surface area contributed by atoms with Crippen LogP contribution in [0, 0.1) is 5.92 Å². The molecule has 1 nitrogen and oxygen atoms in total. The van der Waals surface area contributed by atoms with Gasteiger partial charge in [0, 0.05) is 0 Å². The van der Waals surface area contributed by atoms with Gasteiger partial charge >= 0.3 is 0 Å². The van der Waals surface area contributed by atoms with Gasteiger partial charge in [0.2, 0.25) is 0 Å². The lowest BCUT2D eigenvalue weighted by Crippen LogP contribution is -2.08. The summed E-state index contributed by atoms with van der Waals surface area (Å²) in [6.07, 6.45) is 10.7. The number of halogens is 1. The molecular weight excluding hydrogens is 287 g/mol. The van der Waals surface area contributed by atoms with Crippen LogP contribution in [0.15, 0.2) is 0 Å². The maximum absolute atomic E-state index is 9.28. The van der Waals surface area contributed by atoms with Crippen LogP contribution in [0.5, 0.6) is 0 Å². The summed E-state index contributed by atoms with van der Waals surface area (Å²) in [5, 5.41) is 9.28. The zero-order valence-electron chi connectivity index (χ0n) is 9.64. The molecule has 0 fully saturated rings. The van der Waals surface area contributed by atoms with E-state index in [9.17, 15) is 5.11 Å². The number of hydrogen-bond donors (Lipinski definition) is 1. The Morgan fingerprint density at radius 1 is 1.00 bits per heavy atom. The van der Waals surface area contributed by atoms with Gasteiger partial charge in [-0.15, -0.1) is 0 Å². The second-order valence-corrected chi connectivity index (χ2v) is 5.54. The molecule has 0 radical (unpaired) electrons. The maximum atomic E-state index is 9.28. The average molecular weight is 312 g/mol. The summed E-state index contributed by atoms with van der Waals surface area (Å²) in [5.41, 5.74) is 0. The molecule has 2 unspecified atom stereocenters. The van der Waals surface area contributed by atoms with E-state index in [-0.39, 0.29) is 4.11 Å². The summed E-state index contributed by atoms with van der Waals surface area (Å²) in [6, 6.07) is 0. The van der Waals surface area contributed by atoms with E-state index in [0.717, 1.165) is 0 Å². The molecule has 1 N–H and O–H groups in total. The fourth-order valence-corrected chi connectivity index (χ4v) is 1.92. The highest BCUT2D eigenvalue weighted by atomic mass is 127. The van der Waals surface area contributed by atoms with Crippen LogP contribution < -0.4 is 0 Å². The van der Waals surface area contributed by atoms with Crippen molar-refractivity contribution in [3.8, 4) is 0 Å². The summed E-state index contributed by atoms with van der Waals surface area (Å²) in [5.74, 6) is 0.464. The van der Waals surface area contributed by atoms with Gasteiger partial charge in [0.15, 0.2) is 0 Å². The minimum atomic E-state index is -0.160. The van der Waals surface area contributed by atoms with Crippen LogP contribution >= 0.6 is 22.6 Å². The molecule has 2 atom stereocenters. The largest absolute Gasteiger partial charge is 0.382 e. The SMILES string of the molecule is CCCCCCCCCC(C)C(O)I. The minimum absolute atomic E-state index is 0.160. The van der Waals surface area contributed by atoms with Gasteiger partial charge in [0.05, 0.1) is 0 Å². The normalized spacial score (nSPS) is 15.4. The Morgan fingerprint density at radius 3 is 2.00 bits per heavy atom. The molecule has 0 aliphatic rings. The van der Waals surface area contributed by atoms with Crippen molar-refractivity contribution >= 4 is 22.6 Å². The quantitative estimate of drug-likeness (QED) is 0.377. The van der Waals surface area contributed by atoms with Crippen LogP contribution in [0.25, 0.3) is 0 Å². The van der Waals surface area contributed by atoms with E-state index in [2.05, 4.69) is 36.4 Å². The number of aliphatic hydroxyl groups excluding tert-OH is 1. The van der Waals surface area contributed by atoms with Crippen molar-refractivity contribution in [1.82, 2.24) is 0 Å². The summed E-state index contributed by atoms with van der Waals surface area (Å²) in [6.45, 7) is 4.39. The van der Waals surface area contributed by atoms with Gasteiger partial charge in [-0.1, -0.05) is 81.4 Å². The highest BCUT2D eigenvalue weighted by molar-refractivity contribution is 14.1. The zero-order chi connectivity index (χ0) is 10.8. The van der Waals surface area contributed by atoms with Crippen molar-refractivity contribution in [2.24, 2.45) is 5.92 Å². The van der Waals surface area contributed by atoms with Gasteiger partial charge < -0.3 is 5.11 Å². The molecule has 0 aromatic carbocycles. The van der Waals surface area contributed by atoms with Crippen molar-refractivity contribution in [2.45, 2.75) is 69.3 Å². The smallest absolute Gasteiger partial charge is 0.107 e. The fraction of sp³-hybridized carbons (Fsp3) is 1.00. The van der Waals surface area contributed by atoms with Gasteiger partial charge in [-0.2, -0.15) is 0 Å². The Labute approximate surface area is 103 Å². The first-order valence-corrected chi connectivity index (χ1v) is 7.25. The highest BCUT2D eigenvalue weighted by Gasteiger charge is 2.08. The summed E-state index contributed by atoms with van der Waals surface area (Å²) < 4.78 is -0.160. The van der Waals surface area contributed by atoms with Crippen LogP contribution in [0.1, 0.15) is 65.2 Å². The molecule has 0 aromatic rings. The van der Waals surface area contributed by atoms with Crippen LogP contribution in [-0.4, -0.2) is 9.22 Å². The van der Waals surface area contributed by atoms with E-state index in [4.69, 9.17) is 0 Å². The Hall–Kier alpha value is 0.690. The molecule has 14 heavy (non-hydrogen) atoms. The van der Waals surface area contributed by atoms with E-state index >= 15 is 0 Å². The number of alkyl halides is 1. The van der Waals surface area contributed by atoms with Gasteiger partial charge in [-0.3, -0.25) is 0 Å². The Kier molecular flexibility index (Phi) is 10.7. The number of rotatable bonds is 9. The topological polar surface area (TPSA) is 20.2 Å². The first kappa shape index (κ1) is 14.7. The average Bonchev–Trinajstić information content (AvgIpc) is 2.16. The Bertz CT molecular complexity index is 115. The van der Waals surface area contributed by atoms with E-state index in [1.54, 1.807) is 0 Å². The summed E-state index contributed by atoms with van der Waals surface area (Å²) in [4.78, 5) is 0. The summed E-state index contributed by atoms with van der Waals surface area (Å²) in [7, 11) is 0. The molecule has 0 saturated carbocycles. The van der Waals surface area contributed by atoms with Crippen LogP contribution in [-0.2, 0) is 0 Å². The van der Waals surface area contributed by atoms with E-state index in [1.165, 1.54) is 51.4 Å². The molecule has 86 valence electrons. The zero-order valence-corrected chi connectivity index (χ0v) is 11.8. The predicted octanol–water partition coefficient (Wildman–Crippen LogP) is 4.52. The molecular formula is C12H25IO. The van der Waals surface area contributed by atoms with Crippen molar-refractivity contribution in [3.63, 3.8) is 0 Å². The monoisotopic (exact) mass is 312 g/mol. The van der Waals surface area contributed by atoms with Crippen LogP contribution in [0.4, 0.5) is 0 Å². The standard InChI is InChI=1S/C12H25IO/c1-3-4-5-6-7-8-9-10-11(2)12(13)14/h11-12,14H,3-10H2,1-2H3. The lowest BCUT2D eigenvalue weighted by atomic mass is 10.0. The molecule has 2 heteroatoms. The first-order valence-electron chi connectivity index (χ1n) is 6.00. The van der Waals surface area contributed by atoms with Crippen molar-refractivity contribution in [1.29, 1.82) is 0 Å². The number of aliphatic hydroxyl groups is 1. The van der Waals surface area contributed by atoms with Crippen LogP contribution in [0.2, 0.25) is 0 Å². The van der Waals surface area contributed by atoms with Gasteiger partial charge in [-0.25, -0.2) is 0 Å². The molecule has 0 aromatic heterocycles. The van der Waals surface area contributed by atoms with E-state index < -0.39 is 0 Å². The molecule has 0 saturated heterocycles.